The van der Waals surface area contributed by atoms with E-state index in [1.165, 1.54) is 19.5 Å². The van der Waals surface area contributed by atoms with Crippen molar-refractivity contribution >= 4 is 0 Å². The first kappa shape index (κ1) is 7.03. The summed E-state index contributed by atoms with van der Waals surface area (Å²) in [7, 11) is 1.76. The number of nitrogens with zero attached hydrogens (tertiary/aromatic N) is 1. The van der Waals surface area contributed by atoms with Gasteiger partial charge in [-0.25, -0.2) is 0 Å². The van der Waals surface area contributed by atoms with Gasteiger partial charge in [0.1, 0.15) is 0 Å². The predicted octanol–water partition coefficient (Wildman–Crippen LogP) is 0.727. The van der Waals surface area contributed by atoms with E-state index in [1.54, 1.807) is 7.11 Å². The van der Waals surface area contributed by atoms with Crippen LogP contribution in [0.3, 0.4) is 0 Å². The molecule has 0 aromatic heterocycles. The SMILES string of the molecule is COC[C@@H](C)N1CCC1. The van der Waals surface area contributed by atoms with Crippen LogP contribution in [-0.4, -0.2) is 37.7 Å². The van der Waals surface area contributed by atoms with E-state index in [0.717, 1.165) is 6.61 Å². The molecule has 0 N–H and O–H groups in total. The van der Waals surface area contributed by atoms with Crippen LogP contribution in [0.25, 0.3) is 0 Å². The topological polar surface area (TPSA) is 12.5 Å². The number of ether oxygens (including phenoxy) is 1. The molecule has 2 nitrogen and oxygen atoms in total. The highest BCUT2D eigenvalue weighted by Gasteiger charge is 2.19. The van der Waals surface area contributed by atoms with Crippen molar-refractivity contribution in [2.45, 2.75) is 19.4 Å². The van der Waals surface area contributed by atoms with Crippen LogP contribution < -0.4 is 0 Å². The molecule has 0 spiro atoms. The number of likely N-dealkylation sites (tertiary alicyclic amines) is 1. The van der Waals surface area contributed by atoms with Crippen molar-refractivity contribution in [2.75, 3.05) is 26.8 Å². The maximum atomic E-state index is 5.02. The summed E-state index contributed by atoms with van der Waals surface area (Å²) in [6.07, 6.45) is 1.37. The fourth-order valence-electron chi connectivity index (χ4n) is 1.13. The van der Waals surface area contributed by atoms with Crippen LogP contribution >= 0.6 is 0 Å². The molecule has 0 radical (unpaired) electrons. The maximum absolute atomic E-state index is 5.02. The molecule has 54 valence electrons. The molecule has 0 amide bonds. The zero-order valence-electron chi connectivity index (χ0n) is 6.26. The molecule has 0 bridgehead atoms. The summed E-state index contributed by atoms with van der Waals surface area (Å²) in [5.74, 6) is 0. The standard InChI is InChI=1S/C7H15NO/c1-7(6-9-2)8-4-3-5-8/h7H,3-6H2,1-2H3/t7-/m1/s1. The Bertz CT molecular complexity index is 81.0. The van der Waals surface area contributed by atoms with Crippen molar-refractivity contribution in [3.05, 3.63) is 0 Å². The van der Waals surface area contributed by atoms with Crippen molar-refractivity contribution < 1.29 is 4.74 Å². The predicted molar refractivity (Wildman–Crippen MR) is 37.5 cm³/mol. The van der Waals surface area contributed by atoms with E-state index in [1.807, 2.05) is 0 Å². The summed E-state index contributed by atoms with van der Waals surface area (Å²) in [5.41, 5.74) is 0. The highest BCUT2D eigenvalue weighted by Crippen LogP contribution is 2.10. The van der Waals surface area contributed by atoms with E-state index in [4.69, 9.17) is 4.74 Å². The Labute approximate surface area is 56.8 Å². The second-order valence-electron chi connectivity index (χ2n) is 2.69. The third-order valence-corrected chi connectivity index (χ3v) is 1.92. The van der Waals surface area contributed by atoms with Gasteiger partial charge in [-0.15, -0.1) is 0 Å². The van der Waals surface area contributed by atoms with Crippen LogP contribution in [-0.2, 0) is 4.74 Å². The first-order valence-corrected chi connectivity index (χ1v) is 3.57. The lowest BCUT2D eigenvalue weighted by Crippen LogP contribution is -2.45. The van der Waals surface area contributed by atoms with Crippen molar-refractivity contribution in [1.82, 2.24) is 4.90 Å². The molecule has 1 rings (SSSR count). The molecule has 0 unspecified atom stereocenters. The Kier molecular flexibility index (Phi) is 2.49. The Morgan fingerprint density at radius 3 is 2.56 bits per heavy atom. The smallest absolute Gasteiger partial charge is 0.0615 e. The average Bonchev–Trinajstić information content (AvgIpc) is 1.60. The quantitative estimate of drug-likeness (QED) is 0.557. The van der Waals surface area contributed by atoms with E-state index in [-0.39, 0.29) is 0 Å². The molecule has 0 aromatic rings. The van der Waals surface area contributed by atoms with E-state index in [9.17, 15) is 0 Å². The minimum absolute atomic E-state index is 0.628. The van der Waals surface area contributed by atoms with Crippen molar-refractivity contribution in [2.24, 2.45) is 0 Å². The molecule has 0 aromatic carbocycles. The van der Waals surface area contributed by atoms with Gasteiger partial charge in [-0.1, -0.05) is 0 Å². The molecule has 1 aliphatic heterocycles. The number of methoxy groups -OCH3 is 1. The van der Waals surface area contributed by atoms with Crippen molar-refractivity contribution in [3.8, 4) is 0 Å². The molecular formula is C7H15NO. The molecule has 1 atom stereocenters. The largest absolute Gasteiger partial charge is 0.383 e. The molecule has 1 heterocycles. The molecule has 0 aliphatic carbocycles. The van der Waals surface area contributed by atoms with Crippen molar-refractivity contribution in [1.29, 1.82) is 0 Å². The van der Waals surface area contributed by atoms with Crippen LogP contribution in [0, 0.1) is 0 Å². The fraction of sp³-hybridized carbons (Fsp3) is 1.00. The summed E-state index contributed by atoms with van der Waals surface area (Å²) in [6.45, 7) is 5.62. The molecule has 2 heteroatoms. The lowest BCUT2D eigenvalue weighted by molar-refractivity contribution is 0.0607. The van der Waals surface area contributed by atoms with Gasteiger partial charge >= 0.3 is 0 Å². The first-order chi connectivity index (χ1) is 4.34. The van der Waals surface area contributed by atoms with Gasteiger partial charge in [-0.2, -0.15) is 0 Å². The van der Waals surface area contributed by atoms with Crippen LogP contribution in [0.2, 0.25) is 0 Å². The molecular weight excluding hydrogens is 114 g/mol. The molecule has 1 saturated heterocycles. The van der Waals surface area contributed by atoms with Crippen LogP contribution in [0.15, 0.2) is 0 Å². The summed E-state index contributed by atoms with van der Waals surface area (Å²) >= 11 is 0. The normalized spacial score (nSPS) is 23.3. The lowest BCUT2D eigenvalue weighted by atomic mass is 10.1. The van der Waals surface area contributed by atoms with E-state index >= 15 is 0 Å². The minimum atomic E-state index is 0.628. The number of hydrogen-bond donors (Lipinski definition) is 0. The van der Waals surface area contributed by atoms with Crippen LogP contribution in [0.5, 0.6) is 0 Å². The van der Waals surface area contributed by atoms with Gasteiger partial charge in [0.15, 0.2) is 0 Å². The third-order valence-electron chi connectivity index (χ3n) is 1.92. The second-order valence-corrected chi connectivity index (χ2v) is 2.69. The Balaban J connectivity index is 2.08. The van der Waals surface area contributed by atoms with Gasteiger partial charge in [-0.3, -0.25) is 4.90 Å². The average molecular weight is 129 g/mol. The van der Waals surface area contributed by atoms with Crippen molar-refractivity contribution in [3.63, 3.8) is 0 Å². The van der Waals surface area contributed by atoms with E-state index in [2.05, 4.69) is 11.8 Å². The van der Waals surface area contributed by atoms with E-state index < -0.39 is 0 Å². The molecule has 9 heavy (non-hydrogen) atoms. The zero-order valence-corrected chi connectivity index (χ0v) is 6.26. The lowest BCUT2D eigenvalue weighted by Gasteiger charge is -2.35. The Hall–Kier alpha value is -0.0800. The summed E-state index contributed by atoms with van der Waals surface area (Å²) < 4.78 is 5.02. The summed E-state index contributed by atoms with van der Waals surface area (Å²) in [6, 6.07) is 0.628. The van der Waals surface area contributed by atoms with Gasteiger partial charge in [0.25, 0.3) is 0 Å². The number of hydrogen-bond acceptors (Lipinski definition) is 2. The minimum Gasteiger partial charge on any atom is -0.383 e. The zero-order chi connectivity index (χ0) is 6.69. The molecule has 0 saturated carbocycles. The number of rotatable bonds is 3. The highest BCUT2D eigenvalue weighted by molar-refractivity contribution is 4.74. The summed E-state index contributed by atoms with van der Waals surface area (Å²) in [5, 5.41) is 0. The first-order valence-electron chi connectivity index (χ1n) is 3.57. The fourth-order valence-corrected chi connectivity index (χ4v) is 1.13. The Morgan fingerprint density at radius 2 is 2.22 bits per heavy atom. The summed E-state index contributed by atoms with van der Waals surface area (Å²) in [4.78, 5) is 2.43. The van der Waals surface area contributed by atoms with Gasteiger partial charge in [0, 0.05) is 13.2 Å². The van der Waals surface area contributed by atoms with Gasteiger partial charge in [0.05, 0.1) is 6.61 Å². The third kappa shape index (κ3) is 1.66. The molecule has 1 aliphatic rings. The second kappa shape index (κ2) is 3.18. The molecule has 1 fully saturated rings. The maximum Gasteiger partial charge on any atom is 0.0615 e. The Morgan fingerprint density at radius 1 is 1.56 bits per heavy atom. The highest BCUT2D eigenvalue weighted by atomic mass is 16.5. The van der Waals surface area contributed by atoms with Gasteiger partial charge in [0.2, 0.25) is 0 Å². The monoisotopic (exact) mass is 129 g/mol. The van der Waals surface area contributed by atoms with E-state index in [0.29, 0.717) is 6.04 Å². The van der Waals surface area contributed by atoms with Crippen LogP contribution in [0.4, 0.5) is 0 Å². The van der Waals surface area contributed by atoms with Gasteiger partial charge in [-0.05, 0) is 26.4 Å². The van der Waals surface area contributed by atoms with Crippen LogP contribution in [0.1, 0.15) is 13.3 Å². The van der Waals surface area contributed by atoms with Gasteiger partial charge < -0.3 is 4.74 Å².